The number of carbonyl (C=O) groups is 5. The molecule has 0 aromatic rings. The van der Waals surface area contributed by atoms with Crippen molar-refractivity contribution in [3.05, 3.63) is 0 Å². The van der Waals surface area contributed by atoms with Crippen molar-refractivity contribution in [2.75, 3.05) is 0 Å². The molecule has 2 aliphatic rings. The zero-order valence-corrected chi connectivity index (χ0v) is 8.39. The number of hydrogen-bond donors (Lipinski definition) is 0. The Labute approximate surface area is 90.7 Å². The van der Waals surface area contributed by atoms with Gasteiger partial charge in [0.15, 0.2) is 0 Å². The average molecular weight is 230 g/mol. The molecule has 0 bridgehead atoms. The Kier molecular flexibility index (Phi) is 6.34. The molecule has 2 fully saturated rings. The minimum absolute atomic E-state index is 0.263. The summed E-state index contributed by atoms with van der Waals surface area (Å²) in [6.45, 7) is 2.00. The fraction of sp³-hybridized carbons (Fsp3) is 0.444. The summed E-state index contributed by atoms with van der Waals surface area (Å²) in [6.07, 6.45) is 1.05. The van der Waals surface area contributed by atoms with Gasteiger partial charge in [0.2, 0.25) is 0 Å². The smallest absolute Gasteiger partial charge is 0.314 e. The predicted molar refractivity (Wildman–Crippen MR) is 47.8 cm³/mol. The third-order valence-electron chi connectivity index (χ3n) is 1.52. The largest absolute Gasteiger partial charge is 0.393 e. The number of hydrogen-bond acceptors (Lipinski definition) is 7. The topological polar surface area (TPSA) is 104 Å². The molecular weight excluding hydrogens is 220 g/mol. The van der Waals surface area contributed by atoms with Gasteiger partial charge >= 0.3 is 23.9 Å². The van der Waals surface area contributed by atoms with E-state index in [1.807, 2.05) is 6.79 Å². The molecule has 0 aromatic heterocycles. The van der Waals surface area contributed by atoms with Crippen LogP contribution in [0.4, 0.5) is 0 Å². The highest BCUT2D eigenvalue weighted by Crippen LogP contribution is 2.04. The molecule has 0 aliphatic carbocycles. The van der Waals surface area contributed by atoms with Crippen LogP contribution >= 0.6 is 0 Å². The van der Waals surface area contributed by atoms with Gasteiger partial charge in [-0.1, -0.05) is 0 Å². The van der Waals surface area contributed by atoms with Crippen molar-refractivity contribution in [2.45, 2.75) is 25.7 Å². The maximum absolute atomic E-state index is 10.0. The average Bonchev–Trinajstić information content (AvgIpc) is 2.80. The molecule has 0 amide bonds. The molecule has 0 saturated carbocycles. The molecule has 0 radical (unpaired) electrons. The van der Waals surface area contributed by atoms with Gasteiger partial charge in [-0.2, -0.15) is 0 Å². The van der Waals surface area contributed by atoms with Crippen LogP contribution in [-0.2, 0) is 33.4 Å². The maximum Gasteiger partial charge on any atom is 0.314 e. The third kappa shape index (κ3) is 5.63. The molecule has 2 heterocycles. The van der Waals surface area contributed by atoms with Crippen LogP contribution in [0.15, 0.2) is 0 Å². The van der Waals surface area contributed by atoms with Crippen molar-refractivity contribution in [3.8, 4) is 0 Å². The van der Waals surface area contributed by atoms with Crippen LogP contribution < -0.4 is 0 Å². The zero-order chi connectivity index (χ0) is 12.6. The third-order valence-corrected chi connectivity index (χ3v) is 1.52. The van der Waals surface area contributed by atoms with Crippen LogP contribution in [0.1, 0.15) is 25.7 Å². The number of ether oxygens (including phenoxy) is 2. The first-order valence-electron chi connectivity index (χ1n) is 4.34. The summed E-state index contributed by atoms with van der Waals surface area (Å²) in [5, 5.41) is 0. The van der Waals surface area contributed by atoms with Crippen LogP contribution in [-0.4, -0.2) is 30.7 Å². The first-order valence-corrected chi connectivity index (χ1v) is 4.34. The highest BCUT2D eigenvalue weighted by Gasteiger charge is 2.19. The van der Waals surface area contributed by atoms with E-state index in [-0.39, 0.29) is 25.7 Å². The van der Waals surface area contributed by atoms with Crippen molar-refractivity contribution < 1.29 is 33.4 Å². The number of carbonyl (C=O) groups excluding carboxylic acids is 5. The lowest BCUT2D eigenvalue weighted by Gasteiger charge is -1.79. The Morgan fingerprint density at radius 2 is 0.812 bits per heavy atom. The summed E-state index contributed by atoms with van der Waals surface area (Å²) in [4.78, 5) is 48.0. The lowest BCUT2D eigenvalue weighted by Crippen LogP contribution is -1.95. The highest BCUT2D eigenvalue weighted by atomic mass is 16.6. The Morgan fingerprint density at radius 3 is 0.875 bits per heavy atom. The minimum Gasteiger partial charge on any atom is -0.393 e. The van der Waals surface area contributed by atoms with Crippen LogP contribution in [0.25, 0.3) is 0 Å². The van der Waals surface area contributed by atoms with E-state index in [9.17, 15) is 19.2 Å². The molecule has 7 nitrogen and oxygen atoms in total. The van der Waals surface area contributed by atoms with Crippen molar-refractivity contribution in [2.24, 2.45) is 0 Å². The second-order valence-corrected chi connectivity index (χ2v) is 2.69. The summed E-state index contributed by atoms with van der Waals surface area (Å²) in [5.41, 5.74) is 0. The van der Waals surface area contributed by atoms with E-state index < -0.39 is 23.9 Å². The summed E-state index contributed by atoms with van der Waals surface area (Å²) in [6, 6.07) is 0. The summed E-state index contributed by atoms with van der Waals surface area (Å²) in [5.74, 6) is -1.59. The Bertz CT molecular complexity index is 249. The predicted octanol–water partition coefficient (Wildman–Crippen LogP) is -0.485. The fourth-order valence-corrected chi connectivity index (χ4v) is 0.866. The molecular formula is C9H10O7. The van der Waals surface area contributed by atoms with Gasteiger partial charge in [-0.3, -0.25) is 19.2 Å². The van der Waals surface area contributed by atoms with Gasteiger partial charge in [-0.25, -0.2) is 0 Å². The lowest BCUT2D eigenvalue weighted by molar-refractivity contribution is -0.153. The molecule has 0 atom stereocenters. The SMILES string of the molecule is C=O.O=C1CCC(=O)O1.O=C1CCC(=O)O1. The fourth-order valence-electron chi connectivity index (χ4n) is 0.866. The van der Waals surface area contributed by atoms with Gasteiger partial charge < -0.3 is 14.3 Å². The van der Waals surface area contributed by atoms with E-state index in [1.54, 1.807) is 0 Å². The molecule has 88 valence electrons. The van der Waals surface area contributed by atoms with E-state index in [1.165, 1.54) is 0 Å². The van der Waals surface area contributed by atoms with Crippen LogP contribution in [0, 0.1) is 0 Å². The molecule has 2 saturated heterocycles. The van der Waals surface area contributed by atoms with E-state index >= 15 is 0 Å². The van der Waals surface area contributed by atoms with Gasteiger partial charge in [-0.05, 0) is 0 Å². The van der Waals surface area contributed by atoms with Crippen molar-refractivity contribution in [1.29, 1.82) is 0 Å². The molecule has 7 heteroatoms. The Balaban J connectivity index is 0.000000244. The molecule has 2 rings (SSSR count). The first kappa shape index (κ1) is 13.9. The number of rotatable bonds is 0. The standard InChI is InChI=1S/2C4H4O3.CH2O/c2*5-3-1-2-4(6)7-3;1-2/h2*1-2H2;1H2. The van der Waals surface area contributed by atoms with E-state index in [0.717, 1.165) is 0 Å². The van der Waals surface area contributed by atoms with Crippen molar-refractivity contribution in [3.63, 3.8) is 0 Å². The maximum atomic E-state index is 10.0. The number of esters is 4. The van der Waals surface area contributed by atoms with Gasteiger partial charge in [0.25, 0.3) is 0 Å². The van der Waals surface area contributed by atoms with Crippen molar-refractivity contribution in [1.82, 2.24) is 0 Å². The van der Waals surface area contributed by atoms with Crippen LogP contribution in [0.5, 0.6) is 0 Å². The van der Waals surface area contributed by atoms with Crippen LogP contribution in [0.2, 0.25) is 0 Å². The van der Waals surface area contributed by atoms with Gasteiger partial charge in [0, 0.05) is 0 Å². The van der Waals surface area contributed by atoms with Crippen LogP contribution in [0.3, 0.4) is 0 Å². The van der Waals surface area contributed by atoms with Gasteiger partial charge in [-0.15, -0.1) is 0 Å². The number of cyclic esters (lactones) is 4. The monoisotopic (exact) mass is 230 g/mol. The van der Waals surface area contributed by atoms with Gasteiger partial charge in [0.1, 0.15) is 6.79 Å². The molecule has 2 aliphatic heterocycles. The lowest BCUT2D eigenvalue weighted by atomic mass is 10.4. The van der Waals surface area contributed by atoms with Gasteiger partial charge in [0.05, 0.1) is 25.7 Å². The van der Waals surface area contributed by atoms with Crippen molar-refractivity contribution >= 4 is 30.7 Å². The zero-order valence-electron chi connectivity index (χ0n) is 8.39. The quantitative estimate of drug-likeness (QED) is 0.408. The minimum atomic E-state index is -0.398. The second-order valence-electron chi connectivity index (χ2n) is 2.69. The van der Waals surface area contributed by atoms with E-state index in [0.29, 0.717) is 0 Å². The second kappa shape index (κ2) is 7.27. The van der Waals surface area contributed by atoms with E-state index in [2.05, 4.69) is 9.47 Å². The summed E-state index contributed by atoms with van der Waals surface area (Å²) >= 11 is 0. The molecule has 16 heavy (non-hydrogen) atoms. The highest BCUT2D eigenvalue weighted by molar-refractivity contribution is 5.93. The Hall–Kier alpha value is -2.05. The Morgan fingerprint density at radius 1 is 0.625 bits per heavy atom. The molecule has 0 aromatic carbocycles. The molecule has 0 spiro atoms. The normalized spacial score (nSPS) is 17.8. The summed E-state index contributed by atoms with van der Waals surface area (Å²) < 4.78 is 8.17. The molecule has 0 N–H and O–H groups in total. The first-order chi connectivity index (χ1) is 7.58. The molecule has 0 unspecified atom stereocenters. The van der Waals surface area contributed by atoms with E-state index in [4.69, 9.17) is 4.79 Å². The summed E-state index contributed by atoms with van der Waals surface area (Å²) in [7, 11) is 0.